The number of hydrogen-bond acceptors (Lipinski definition) is 0. The molecule has 1 atom stereocenters. The molecule has 1 aromatic carbocycles. The van der Waals surface area contributed by atoms with Crippen molar-refractivity contribution in [3.8, 4) is 0 Å². The van der Waals surface area contributed by atoms with Gasteiger partial charge in [0.1, 0.15) is 0 Å². The molecule has 70 valence electrons. The maximum atomic E-state index is 3.78. The molecular weight excluding hydrogens is 224 g/mol. The van der Waals surface area contributed by atoms with E-state index in [1.165, 1.54) is 12.0 Å². The molecule has 0 aliphatic rings. The van der Waals surface area contributed by atoms with Crippen LogP contribution < -0.4 is 0 Å². The van der Waals surface area contributed by atoms with Gasteiger partial charge in [-0.2, -0.15) is 0 Å². The van der Waals surface area contributed by atoms with Crippen molar-refractivity contribution >= 4 is 15.9 Å². The topological polar surface area (TPSA) is 0 Å². The normalized spacial score (nSPS) is 12.5. The monoisotopic (exact) mass is 238 g/mol. The predicted molar refractivity (Wildman–Crippen MR) is 62.0 cm³/mol. The Labute approximate surface area is 88.8 Å². The Morgan fingerprint density at radius 1 is 1.54 bits per heavy atom. The molecule has 1 rings (SSSR count). The number of hydrogen-bond donors (Lipinski definition) is 0. The smallest absolute Gasteiger partial charge is 0.0178 e. The van der Waals surface area contributed by atoms with Crippen LogP contribution >= 0.6 is 15.9 Å². The molecule has 0 saturated carbocycles. The second kappa shape index (κ2) is 5.23. The van der Waals surface area contributed by atoms with E-state index in [-0.39, 0.29) is 0 Å². The number of halogens is 1. The predicted octanol–water partition coefficient (Wildman–Crippen LogP) is 4.52. The lowest BCUT2D eigenvalue weighted by Crippen LogP contribution is -1.95. The first-order valence-corrected chi connectivity index (χ1v) is 5.43. The van der Waals surface area contributed by atoms with Gasteiger partial charge in [-0.25, -0.2) is 0 Å². The van der Waals surface area contributed by atoms with Gasteiger partial charge in [-0.1, -0.05) is 41.1 Å². The first kappa shape index (κ1) is 10.5. The van der Waals surface area contributed by atoms with E-state index >= 15 is 0 Å². The van der Waals surface area contributed by atoms with Gasteiger partial charge < -0.3 is 0 Å². The first-order valence-electron chi connectivity index (χ1n) is 4.64. The average Bonchev–Trinajstić information content (AvgIpc) is 2.14. The first-order chi connectivity index (χ1) is 6.27. The third-order valence-electron chi connectivity index (χ3n) is 2.26. The molecule has 0 N–H and O–H groups in total. The minimum absolute atomic E-state index is 0.620. The number of allylic oxidation sites excluding steroid dienone is 1. The lowest BCUT2D eigenvalue weighted by molar-refractivity contribution is 0.675. The molecule has 1 aromatic rings. The van der Waals surface area contributed by atoms with Crippen LogP contribution in [-0.2, 0) is 0 Å². The second-order valence-electron chi connectivity index (χ2n) is 3.18. The molecule has 0 heterocycles. The van der Waals surface area contributed by atoms with Gasteiger partial charge in [-0.15, -0.1) is 6.58 Å². The number of rotatable bonds is 4. The molecule has 0 aliphatic carbocycles. The van der Waals surface area contributed by atoms with E-state index < -0.39 is 0 Å². The highest BCUT2D eigenvalue weighted by atomic mass is 79.9. The minimum Gasteiger partial charge on any atom is -0.103 e. The van der Waals surface area contributed by atoms with Crippen molar-refractivity contribution in [1.82, 2.24) is 0 Å². The van der Waals surface area contributed by atoms with Crippen LogP contribution in [0.4, 0.5) is 0 Å². The Morgan fingerprint density at radius 3 is 2.85 bits per heavy atom. The van der Waals surface area contributed by atoms with E-state index in [4.69, 9.17) is 0 Å². The van der Waals surface area contributed by atoms with Crippen molar-refractivity contribution in [2.24, 2.45) is 0 Å². The quantitative estimate of drug-likeness (QED) is 0.677. The number of benzene rings is 1. The Kier molecular flexibility index (Phi) is 4.23. The van der Waals surface area contributed by atoms with E-state index in [1.807, 2.05) is 6.08 Å². The summed E-state index contributed by atoms with van der Waals surface area (Å²) in [5.41, 5.74) is 1.40. The highest BCUT2D eigenvalue weighted by Crippen LogP contribution is 2.25. The third-order valence-corrected chi connectivity index (χ3v) is 2.76. The average molecular weight is 239 g/mol. The Balaban J connectivity index is 2.84. The van der Waals surface area contributed by atoms with Gasteiger partial charge in [-0.3, -0.25) is 0 Å². The van der Waals surface area contributed by atoms with Crippen LogP contribution in [0.2, 0.25) is 0 Å². The van der Waals surface area contributed by atoms with Gasteiger partial charge in [0, 0.05) is 4.47 Å². The summed E-state index contributed by atoms with van der Waals surface area (Å²) in [5.74, 6) is 0.620. The largest absolute Gasteiger partial charge is 0.103 e. The van der Waals surface area contributed by atoms with Crippen molar-refractivity contribution in [3.63, 3.8) is 0 Å². The summed E-state index contributed by atoms with van der Waals surface area (Å²) in [6, 6.07) is 8.52. The van der Waals surface area contributed by atoms with Crippen LogP contribution in [-0.4, -0.2) is 0 Å². The zero-order valence-corrected chi connectivity index (χ0v) is 9.55. The van der Waals surface area contributed by atoms with Crippen LogP contribution in [0.5, 0.6) is 0 Å². The molecule has 0 fully saturated rings. The fourth-order valence-electron chi connectivity index (χ4n) is 1.50. The van der Waals surface area contributed by atoms with Crippen LogP contribution in [0, 0.1) is 0 Å². The minimum atomic E-state index is 0.620. The van der Waals surface area contributed by atoms with Gasteiger partial charge >= 0.3 is 0 Å². The summed E-state index contributed by atoms with van der Waals surface area (Å²) in [7, 11) is 0. The molecule has 0 aromatic heterocycles. The summed E-state index contributed by atoms with van der Waals surface area (Å²) in [6.45, 7) is 6.00. The molecule has 0 spiro atoms. The van der Waals surface area contributed by atoms with Gasteiger partial charge in [0.25, 0.3) is 0 Å². The zero-order valence-electron chi connectivity index (χ0n) is 7.96. The standard InChI is InChI=1S/C12H15Br/c1-3-6-10(4-2)11-7-5-8-12(13)9-11/h3,5,7-10H,1,4,6H2,2H3. The molecule has 0 aliphatic heterocycles. The van der Waals surface area contributed by atoms with E-state index in [0.717, 1.165) is 10.9 Å². The molecule has 0 radical (unpaired) electrons. The van der Waals surface area contributed by atoms with E-state index in [1.54, 1.807) is 0 Å². The highest BCUT2D eigenvalue weighted by molar-refractivity contribution is 9.10. The van der Waals surface area contributed by atoms with Crippen molar-refractivity contribution in [3.05, 3.63) is 47.0 Å². The zero-order chi connectivity index (χ0) is 9.68. The summed E-state index contributed by atoms with van der Waals surface area (Å²) >= 11 is 3.48. The molecular formula is C12H15Br. The van der Waals surface area contributed by atoms with E-state index in [2.05, 4.69) is 53.7 Å². The van der Waals surface area contributed by atoms with Crippen molar-refractivity contribution in [1.29, 1.82) is 0 Å². The summed E-state index contributed by atoms with van der Waals surface area (Å²) in [6.07, 6.45) is 4.23. The van der Waals surface area contributed by atoms with Crippen LogP contribution in [0.15, 0.2) is 41.4 Å². The molecule has 1 heteroatoms. The Hall–Kier alpha value is -0.560. The Morgan fingerprint density at radius 2 is 2.31 bits per heavy atom. The van der Waals surface area contributed by atoms with Crippen LogP contribution in [0.1, 0.15) is 31.2 Å². The van der Waals surface area contributed by atoms with Crippen molar-refractivity contribution in [2.75, 3.05) is 0 Å². The summed E-state index contributed by atoms with van der Waals surface area (Å²) in [5, 5.41) is 0. The molecule has 0 bridgehead atoms. The molecule has 0 amide bonds. The Bertz CT molecular complexity index is 278. The lowest BCUT2D eigenvalue weighted by atomic mass is 9.93. The van der Waals surface area contributed by atoms with E-state index in [9.17, 15) is 0 Å². The summed E-state index contributed by atoms with van der Waals surface area (Å²) < 4.78 is 1.16. The van der Waals surface area contributed by atoms with Gasteiger partial charge in [-0.05, 0) is 36.5 Å². The fraction of sp³-hybridized carbons (Fsp3) is 0.333. The SMILES string of the molecule is C=CCC(CC)c1cccc(Br)c1. The summed E-state index contributed by atoms with van der Waals surface area (Å²) in [4.78, 5) is 0. The van der Waals surface area contributed by atoms with E-state index in [0.29, 0.717) is 5.92 Å². The third kappa shape index (κ3) is 3.00. The van der Waals surface area contributed by atoms with Crippen LogP contribution in [0.25, 0.3) is 0 Å². The van der Waals surface area contributed by atoms with Gasteiger partial charge in [0.15, 0.2) is 0 Å². The molecule has 0 saturated heterocycles. The maximum absolute atomic E-state index is 3.78. The molecule has 13 heavy (non-hydrogen) atoms. The van der Waals surface area contributed by atoms with Gasteiger partial charge in [0.05, 0.1) is 0 Å². The maximum Gasteiger partial charge on any atom is 0.0178 e. The van der Waals surface area contributed by atoms with Crippen molar-refractivity contribution < 1.29 is 0 Å². The second-order valence-corrected chi connectivity index (χ2v) is 4.10. The lowest BCUT2D eigenvalue weighted by Gasteiger charge is -2.12. The highest BCUT2D eigenvalue weighted by Gasteiger charge is 2.06. The molecule has 0 nitrogen and oxygen atoms in total. The molecule has 1 unspecified atom stereocenters. The fourth-order valence-corrected chi connectivity index (χ4v) is 1.92. The van der Waals surface area contributed by atoms with Crippen LogP contribution in [0.3, 0.4) is 0 Å². The van der Waals surface area contributed by atoms with Crippen molar-refractivity contribution in [2.45, 2.75) is 25.7 Å². The van der Waals surface area contributed by atoms with Gasteiger partial charge in [0.2, 0.25) is 0 Å².